The molecule has 2 aromatic carbocycles. The lowest BCUT2D eigenvalue weighted by Gasteiger charge is -2.32. The summed E-state index contributed by atoms with van der Waals surface area (Å²) >= 11 is 0. The van der Waals surface area contributed by atoms with Crippen molar-refractivity contribution < 1.29 is 17.6 Å². The van der Waals surface area contributed by atoms with Gasteiger partial charge in [-0.1, -0.05) is 41.6 Å². The summed E-state index contributed by atoms with van der Waals surface area (Å²) in [6.45, 7) is 5.69. The van der Waals surface area contributed by atoms with E-state index in [1.54, 1.807) is 16.8 Å². The third-order valence-corrected chi connectivity index (χ3v) is 5.99. The van der Waals surface area contributed by atoms with Crippen LogP contribution < -0.4 is 0 Å². The highest BCUT2D eigenvalue weighted by molar-refractivity contribution is 5.62. The molecule has 0 spiro atoms. The Morgan fingerprint density at radius 3 is 2.31 bits per heavy atom. The predicted molar refractivity (Wildman–Crippen MR) is 129 cm³/mol. The number of rotatable bonds is 7. The number of piperazine rings is 1. The van der Waals surface area contributed by atoms with Gasteiger partial charge in [0.1, 0.15) is 5.69 Å². The number of halogens is 3. The van der Waals surface area contributed by atoms with E-state index in [-0.39, 0.29) is 5.89 Å². The van der Waals surface area contributed by atoms with Crippen molar-refractivity contribution in [2.45, 2.75) is 19.5 Å². The normalized spacial score (nSPS) is 14.6. The standard InChI is InChI=1S/C24H25F2N7O.CH3F/c1-31-10-12-32(13-11-31)15-19-4-2-3-5-20(19)21-16-33(30-27-21)14-17-6-8-18(9-7-17)23-28-29-24(34-23)22(25)26;1-2/h2-9,16,22H,10-15H2,1H3;1H3. The predicted octanol–water partition coefficient (Wildman–Crippen LogP) is 4.31. The number of likely N-dealkylation sites (N-methyl/N-ethyl adjacent to an activating group) is 1. The average Bonchev–Trinajstić information content (AvgIpc) is 3.58. The van der Waals surface area contributed by atoms with Crippen LogP contribution in [0.1, 0.15) is 23.4 Å². The van der Waals surface area contributed by atoms with Gasteiger partial charge >= 0.3 is 6.43 Å². The van der Waals surface area contributed by atoms with Gasteiger partial charge in [-0.25, -0.2) is 4.68 Å². The van der Waals surface area contributed by atoms with Crippen molar-refractivity contribution in [3.05, 3.63) is 71.7 Å². The Morgan fingerprint density at radius 1 is 0.889 bits per heavy atom. The van der Waals surface area contributed by atoms with Crippen LogP contribution in [-0.2, 0) is 13.1 Å². The van der Waals surface area contributed by atoms with Crippen LogP contribution in [0.25, 0.3) is 22.7 Å². The molecule has 0 aliphatic carbocycles. The van der Waals surface area contributed by atoms with Crippen molar-refractivity contribution in [2.75, 3.05) is 40.4 Å². The molecule has 8 nitrogen and oxygen atoms in total. The van der Waals surface area contributed by atoms with Crippen molar-refractivity contribution in [1.82, 2.24) is 35.0 Å². The minimum absolute atomic E-state index is 0.0712. The molecule has 0 atom stereocenters. The van der Waals surface area contributed by atoms with Crippen molar-refractivity contribution in [2.24, 2.45) is 0 Å². The maximum atomic E-state index is 12.7. The molecule has 5 rings (SSSR count). The highest BCUT2D eigenvalue weighted by Gasteiger charge is 2.18. The van der Waals surface area contributed by atoms with E-state index < -0.39 is 12.3 Å². The summed E-state index contributed by atoms with van der Waals surface area (Å²) in [5.41, 5.74) is 4.74. The number of benzene rings is 2. The van der Waals surface area contributed by atoms with Crippen molar-refractivity contribution in [3.8, 4) is 22.7 Å². The fourth-order valence-corrected chi connectivity index (χ4v) is 4.03. The van der Waals surface area contributed by atoms with Gasteiger partial charge in [0.2, 0.25) is 5.89 Å². The van der Waals surface area contributed by atoms with Crippen LogP contribution in [0.15, 0.2) is 59.1 Å². The Morgan fingerprint density at radius 2 is 1.61 bits per heavy atom. The van der Waals surface area contributed by atoms with E-state index in [2.05, 4.69) is 55.6 Å². The van der Waals surface area contributed by atoms with E-state index in [1.807, 2.05) is 24.4 Å². The smallest absolute Gasteiger partial charge is 0.314 e. The molecule has 0 bridgehead atoms. The molecule has 0 amide bonds. The van der Waals surface area contributed by atoms with E-state index in [1.165, 1.54) is 5.56 Å². The summed E-state index contributed by atoms with van der Waals surface area (Å²) < 4.78 is 41.6. The topological polar surface area (TPSA) is 76.1 Å². The van der Waals surface area contributed by atoms with Gasteiger partial charge in [0.05, 0.1) is 19.9 Å². The Balaban J connectivity index is 0.00000148. The zero-order valence-electron chi connectivity index (χ0n) is 20.2. The van der Waals surface area contributed by atoms with Gasteiger partial charge in [0.25, 0.3) is 5.89 Å². The largest absolute Gasteiger partial charge is 0.415 e. The summed E-state index contributed by atoms with van der Waals surface area (Å²) in [4.78, 5) is 4.82. The maximum Gasteiger partial charge on any atom is 0.314 e. The van der Waals surface area contributed by atoms with Gasteiger partial charge in [-0.3, -0.25) is 9.29 Å². The number of aromatic nitrogens is 5. The number of nitrogens with zero attached hydrogens (tertiary/aromatic N) is 7. The highest BCUT2D eigenvalue weighted by atomic mass is 19.3. The van der Waals surface area contributed by atoms with Crippen molar-refractivity contribution in [1.29, 1.82) is 0 Å². The van der Waals surface area contributed by atoms with E-state index in [0.717, 1.165) is 49.5 Å². The summed E-state index contributed by atoms with van der Waals surface area (Å²) in [5.74, 6) is -0.607. The molecular formula is C25H28F3N7O. The van der Waals surface area contributed by atoms with Crippen molar-refractivity contribution in [3.63, 3.8) is 0 Å². The monoisotopic (exact) mass is 499 g/mol. The average molecular weight is 500 g/mol. The Bertz CT molecular complexity index is 1230. The zero-order valence-corrected chi connectivity index (χ0v) is 20.2. The molecule has 1 aliphatic rings. The molecule has 0 saturated carbocycles. The molecule has 0 unspecified atom stereocenters. The van der Waals surface area contributed by atoms with Gasteiger partial charge in [-0.05, 0) is 30.3 Å². The Hall–Kier alpha value is -3.57. The second-order valence-corrected chi connectivity index (χ2v) is 8.48. The van der Waals surface area contributed by atoms with Gasteiger partial charge < -0.3 is 9.32 Å². The number of hydrogen-bond acceptors (Lipinski definition) is 7. The van der Waals surface area contributed by atoms with E-state index in [4.69, 9.17) is 4.42 Å². The SMILES string of the molecule is CF.CN1CCN(Cc2ccccc2-c2cn(Cc3ccc(-c4nnc(C(F)F)o4)cc3)nn2)CC1. The molecule has 1 saturated heterocycles. The summed E-state index contributed by atoms with van der Waals surface area (Å²) in [5, 5.41) is 15.8. The van der Waals surface area contributed by atoms with E-state index in [9.17, 15) is 13.2 Å². The van der Waals surface area contributed by atoms with E-state index in [0.29, 0.717) is 19.3 Å². The fourth-order valence-electron chi connectivity index (χ4n) is 4.03. The molecule has 3 heterocycles. The summed E-state index contributed by atoms with van der Waals surface area (Å²) in [6, 6.07) is 15.6. The van der Waals surface area contributed by atoms with Gasteiger partial charge in [0, 0.05) is 43.9 Å². The number of alkyl halides is 3. The Labute approximate surface area is 207 Å². The lowest BCUT2D eigenvalue weighted by Crippen LogP contribution is -2.43. The van der Waals surface area contributed by atoms with Gasteiger partial charge in [-0.2, -0.15) is 8.78 Å². The molecule has 1 aliphatic heterocycles. The zero-order chi connectivity index (χ0) is 25.5. The second-order valence-electron chi connectivity index (χ2n) is 8.48. The first-order chi connectivity index (χ1) is 17.5. The molecule has 2 aromatic heterocycles. The van der Waals surface area contributed by atoms with Crippen LogP contribution >= 0.6 is 0 Å². The molecule has 0 radical (unpaired) electrons. The first-order valence-corrected chi connectivity index (χ1v) is 11.5. The molecule has 190 valence electrons. The third kappa shape index (κ3) is 6.16. The minimum Gasteiger partial charge on any atom is -0.415 e. The lowest BCUT2D eigenvalue weighted by molar-refractivity contribution is 0.116. The molecule has 4 aromatic rings. The van der Waals surface area contributed by atoms with Crippen LogP contribution in [0.5, 0.6) is 0 Å². The highest BCUT2D eigenvalue weighted by Crippen LogP contribution is 2.25. The van der Waals surface area contributed by atoms with E-state index >= 15 is 0 Å². The van der Waals surface area contributed by atoms with Crippen LogP contribution in [0.4, 0.5) is 13.2 Å². The molecular weight excluding hydrogens is 471 g/mol. The second kappa shape index (κ2) is 11.9. The lowest BCUT2D eigenvalue weighted by atomic mass is 10.0. The van der Waals surface area contributed by atoms with Gasteiger partial charge in [-0.15, -0.1) is 15.3 Å². The molecule has 11 heteroatoms. The molecule has 36 heavy (non-hydrogen) atoms. The summed E-state index contributed by atoms with van der Waals surface area (Å²) in [6.07, 6.45) is -0.836. The Kier molecular flexibility index (Phi) is 8.44. The third-order valence-electron chi connectivity index (χ3n) is 5.99. The van der Waals surface area contributed by atoms with Crippen molar-refractivity contribution >= 4 is 0 Å². The van der Waals surface area contributed by atoms with Crippen LogP contribution in [-0.4, -0.2) is 75.4 Å². The molecule has 1 fully saturated rings. The summed E-state index contributed by atoms with van der Waals surface area (Å²) in [7, 11) is 2.66. The maximum absolute atomic E-state index is 12.7. The van der Waals surface area contributed by atoms with Crippen LogP contribution in [0.2, 0.25) is 0 Å². The quantitative estimate of drug-likeness (QED) is 0.375. The van der Waals surface area contributed by atoms with Crippen LogP contribution in [0, 0.1) is 0 Å². The first-order valence-electron chi connectivity index (χ1n) is 11.5. The van der Waals surface area contributed by atoms with Gasteiger partial charge in [0.15, 0.2) is 0 Å². The minimum atomic E-state index is -2.78. The van der Waals surface area contributed by atoms with Crippen LogP contribution in [0.3, 0.4) is 0 Å². The first kappa shape index (κ1) is 25.5. The fraction of sp³-hybridized carbons (Fsp3) is 0.360. The molecule has 0 N–H and O–H groups in total. The number of hydrogen-bond donors (Lipinski definition) is 0.